The van der Waals surface area contributed by atoms with Crippen LogP contribution in [0, 0.1) is 0 Å². The van der Waals surface area contributed by atoms with E-state index in [1.807, 2.05) is 43.3 Å². The number of aromatic hydroxyl groups is 1. The summed E-state index contributed by atoms with van der Waals surface area (Å²) in [7, 11) is 0. The normalized spacial score (nSPS) is 10.5. The number of carbonyl (C=O) groups excluding carboxylic acids is 1. The Kier molecular flexibility index (Phi) is 5.55. The molecular weight excluding hydrogens is 278 g/mol. The molecule has 0 spiro atoms. The summed E-state index contributed by atoms with van der Waals surface area (Å²) in [6, 6.07) is 15.1. The number of hydrogen-bond acceptors (Lipinski definition) is 3. The van der Waals surface area contributed by atoms with Gasteiger partial charge in [-0.25, -0.2) is 0 Å². The van der Waals surface area contributed by atoms with Crippen LogP contribution < -0.4 is 0 Å². The van der Waals surface area contributed by atoms with Crippen molar-refractivity contribution in [1.82, 2.24) is 4.90 Å². The van der Waals surface area contributed by atoms with Crippen LogP contribution in [-0.4, -0.2) is 40.7 Å². The van der Waals surface area contributed by atoms with E-state index in [-0.39, 0.29) is 30.4 Å². The van der Waals surface area contributed by atoms with Crippen LogP contribution in [0.4, 0.5) is 0 Å². The standard InChI is InChI=1S/C18H21NO3/c1-2-19(10-11-20)18(22)16-13-15(8-9-17(16)21)12-14-6-4-3-5-7-14/h3-9,13,20-21H,2,10-12H2,1H3. The van der Waals surface area contributed by atoms with Crippen molar-refractivity contribution in [3.05, 3.63) is 65.2 Å². The van der Waals surface area contributed by atoms with Gasteiger partial charge in [-0.2, -0.15) is 0 Å². The van der Waals surface area contributed by atoms with Gasteiger partial charge in [0.25, 0.3) is 5.91 Å². The van der Waals surface area contributed by atoms with E-state index in [4.69, 9.17) is 5.11 Å². The molecule has 0 aliphatic heterocycles. The van der Waals surface area contributed by atoms with Crippen molar-refractivity contribution in [1.29, 1.82) is 0 Å². The predicted octanol–water partition coefficient (Wildman–Crippen LogP) is 2.44. The third-order valence-corrected chi connectivity index (χ3v) is 3.58. The zero-order valence-electron chi connectivity index (χ0n) is 12.7. The van der Waals surface area contributed by atoms with Crippen molar-refractivity contribution in [3.63, 3.8) is 0 Å². The summed E-state index contributed by atoms with van der Waals surface area (Å²) in [5.74, 6) is -0.290. The number of carbonyl (C=O) groups is 1. The largest absolute Gasteiger partial charge is 0.507 e. The lowest BCUT2D eigenvalue weighted by Crippen LogP contribution is -2.33. The van der Waals surface area contributed by atoms with Gasteiger partial charge in [-0.1, -0.05) is 36.4 Å². The van der Waals surface area contributed by atoms with Gasteiger partial charge in [0.05, 0.1) is 12.2 Å². The molecule has 22 heavy (non-hydrogen) atoms. The molecule has 0 unspecified atom stereocenters. The molecule has 116 valence electrons. The number of amides is 1. The first-order chi connectivity index (χ1) is 10.7. The maximum Gasteiger partial charge on any atom is 0.257 e. The molecule has 0 aliphatic rings. The van der Waals surface area contributed by atoms with Gasteiger partial charge in [0.15, 0.2) is 0 Å². The van der Waals surface area contributed by atoms with Crippen LogP contribution in [0.1, 0.15) is 28.4 Å². The molecule has 2 aromatic carbocycles. The molecule has 1 amide bonds. The van der Waals surface area contributed by atoms with Crippen LogP contribution in [0.25, 0.3) is 0 Å². The van der Waals surface area contributed by atoms with Crippen molar-refractivity contribution in [2.75, 3.05) is 19.7 Å². The molecule has 0 aliphatic carbocycles. The molecule has 2 aromatic rings. The van der Waals surface area contributed by atoms with E-state index in [1.54, 1.807) is 12.1 Å². The number of nitrogens with zero attached hydrogens (tertiary/aromatic N) is 1. The fourth-order valence-corrected chi connectivity index (χ4v) is 2.39. The van der Waals surface area contributed by atoms with Crippen LogP contribution in [0.15, 0.2) is 48.5 Å². The molecular formula is C18H21NO3. The first-order valence-electron chi connectivity index (χ1n) is 7.41. The van der Waals surface area contributed by atoms with Gasteiger partial charge >= 0.3 is 0 Å². The van der Waals surface area contributed by atoms with Gasteiger partial charge in [-0.15, -0.1) is 0 Å². The molecule has 0 saturated carbocycles. The van der Waals surface area contributed by atoms with Crippen LogP contribution in [0.5, 0.6) is 5.75 Å². The van der Waals surface area contributed by atoms with E-state index in [0.29, 0.717) is 13.0 Å². The quantitative estimate of drug-likeness (QED) is 0.861. The second-order valence-electron chi connectivity index (χ2n) is 5.12. The number of hydrogen-bond donors (Lipinski definition) is 2. The lowest BCUT2D eigenvalue weighted by Gasteiger charge is -2.20. The topological polar surface area (TPSA) is 60.8 Å². The van der Waals surface area contributed by atoms with Gasteiger partial charge < -0.3 is 15.1 Å². The Bertz CT molecular complexity index is 625. The molecule has 0 aromatic heterocycles. The number of aliphatic hydroxyl groups excluding tert-OH is 1. The third-order valence-electron chi connectivity index (χ3n) is 3.58. The Labute approximate surface area is 130 Å². The van der Waals surface area contributed by atoms with Gasteiger partial charge in [0, 0.05) is 13.1 Å². The average molecular weight is 299 g/mol. The van der Waals surface area contributed by atoms with Gasteiger partial charge in [0.1, 0.15) is 5.75 Å². The summed E-state index contributed by atoms with van der Waals surface area (Å²) in [6.45, 7) is 2.50. The third kappa shape index (κ3) is 3.86. The van der Waals surface area contributed by atoms with Crippen LogP contribution in [-0.2, 0) is 6.42 Å². The molecule has 4 nitrogen and oxygen atoms in total. The first kappa shape index (κ1) is 16.0. The van der Waals surface area contributed by atoms with Crippen LogP contribution in [0.3, 0.4) is 0 Å². The van der Waals surface area contributed by atoms with Crippen LogP contribution in [0.2, 0.25) is 0 Å². The second-order valence-corrected chi connectivity index (χ2v) is 5.12. The highest BCUT2D eigenvalue weighted by Gasteiger charge is 2.17. The minimum absolute atomic E-state index is 0.0294. The maximum atomic E-state index is 12.4. The Morgan fingerprint density at radius 3 is 2.45 bits per heavy atom. The molecule has 0 fully saturated rings. The minimum atomic E-state index is -0.260. The fourth-order valence-electron chi connectivity index (χ4n) is 2.39. The monoisotopic (exact) mass is 299 g/mol. The first-order valence-corrected chi connectivity index (χ1v) is 7.41. The number of aliphatic hydroxyl groups is 1. The Hall–Kier alpha value is -2.33. The molecule has 0 bridgehead atoms. The van der Waals surface area contributed by atoms with E-state index in [1.165, 1.54) is 4.90 Å². The number of benzene rings is 2. The zero-order valence-corrected chi connectivity index (χ0v) is 12.7. The number of phenols is 1. The summed E-state index contributed by atoms with van der Waals surface area (Å²) < 4.78 is 0. The van der Waals surface area contributed by atoms with Crippen molar-refractivity contribution in [2.45, 2.75) is 13.3 Å². The van der Waals surface area contributed by atoms with Gasteiger partial charge in [-0.05, 0) is 36.6 Å². The SMILES string of the molecule is CCN(CCO)C(=O)c1cc(Cc2ccccc2)ccc1O. The molecule has 2 N–H and O–H groups in total. The van der Waals surface area contributed by atoms with Crippen molar-refractivity contribution < 1.29 is 15.0 Å². The lowest BCUT2D eigenvalue weighted by molar-refractivity contribution is 0.0729. The Balaban J connectivity index is 2.24. The zero-order chi connectivity index (χ0) is 15.9. The van der Waals surface area contributed by atoms with E-state index in [9.17, 15) is 9.90 Å². The molecule has 0 radical (unpaired) electrons. The molecule has 0 atom stereocenters. The molecule has 2 rings (SSSR count). The number of rotatable bonds is 6. The van der Waals surface area contributed by atoms with Crippen molar-refractivity contribution in [2.24, 2.45) is 0 Å². The average Bonchev–Trinajstić information content (AvgIpc) is 2.55. The van der Waals surface area contributed by atoms with E-state index >= 15 is 0 Å². The fraction of sp³-hybridized carbons (Fsp3) is 0.278. The molecule has 4 heteroatoms. The second kappa shape index (κ2) is 7.61. The predicted molar refractivity (Wildman–Crippen MR) is 86.0 cm³/mol. The lowest BCUT2D eigenvalue weighted by atomic mass is 10.0. The summed E-state index contributed by atoms with van der Waals surface area (Å²) in [6.07, 6.45) is 0.702. The summed E-state index contributed by atoms with van der Waals surface area (Å²) in [4.78, 5) is 14.0. The van der Waals surface area contributed by atoms with Crippen molar-refractivity contribution in [3.8, 4) is 5.75 Å². The highest BCUT2D eigenvalue weighted by atomic mass is 16.3. The van der Waals surface area contributed by atoms with Crippen LogP contribution >= 0.6 is 0 Å². The maximum absolute atomic E-state index is 12.4. The molecule has 0 heterocycles. The van der Waals surface area contributed by atoms with Crippen molar-refractivity contribution >= 4 is 5.91 Å². The highest BCUT2D eigenvalue weighted by Crippen LogP contribution is 2.22. The summed E-state index contributed by atoms with van der Waals surface area (Å²) >= 11 is 0. The van der Waals surface area contributed by atoms with Gasteiger partial charge in [0.2, 0.25) is 0 Å². The molecule has 0 saturated heterocycles. The minimum Gasteiger partial charge on any atom is -0.507 e. The Morgan fingerprint density at radius 1 is 1.09 bits per heavy atom. The van der Waals surface area contributed by atoms with E-state index < -0.39 is 0 Å². The summed E-state index contributed by atoms with van der Waals surface area (Å²) in [5.41, 5.74) is 2.39. The number of phenolic OH excluding ortho intramolecular Hbond substituents is 1. The highest BCUT2D eigenvalue weighted by molar-refractivity contribution is 5.97. The van der Waals surface area contributed by atoms with E-state index in [2.05, 4.69) is 0 Å². The summed E-state index contributed by atoms with van der Waals surface area (Å²) in [5, 5.41) is 19.0. The Morgan fingerprint density at radius 2 is 1.82 bits per heavy atom. The van der Waals surface area contributed by atoms with E-state index in [0.717, 1.165) is 11.1 Å². The smallest absolute Gasteiger partial charge is 0.257 e. The number of likely N-dealkylation sites (N-methyl/N-ethyl adjacent to an activating group) is 1. The van der Waals surface area contributed by atoms with Gasteiger partial charge in [-0.3, -0.25) is 4.79 Å².